The number of nitro groups is 1. The van der Waals surface area contributed by atoms with Gasteiger partial charge in [0, 0.05) is 30.6 Å². The van der Waals surface area contributed by atoms with E-state index in [2.05, 4.69) is 23.3 Å². The Morgan fingerprint density at radius 2 is 1.96 bits per heavy atom. The number of hydrogen-bond acceptors (Lipinski definition) is 6. The van der Waals surface area contributed by atoms with E-state index < -0.39 is 14.9 Å². The molecule has 2 aromatic rings. The second-order valence-corrected chi connectivity index (χ2v) is 10.1. The normalized spacial score (nSPS) is 20.3. The Labute approximate surface area is 168 Å². The molecule has 0 N–H and O–H groups in total. The second-order valence-electron chi connectivity index (χ2n) is 7.19. The van der Waals surface area contributed by atoms with Gasteiger partial charge >= 0.3 is 0 Å². The molecule has 3 heterocycles. The summed E-state index contributed by atoms with van der Waals surface area (Å²) in [5, 5.41) is 13.9. The first-order chi connectivity index (χ1) is 13.4. The van der Waals surface area contributed by atoms with Gasteiger partial charge in [-0.2, -0.15) is 4.31 Å². The van der Waals surface area contributed by atoms with Gasteiger partial charge in [-0.3, -0.25) is 10.1 Å². The predicted octanol–water partition coefficient (Wildman–Crippen LogP) is 3.95. The summed E-state index contributed by atoms with van der Waals surface area (Å²) in [5.74, 6) is 0. The van der Waals surface area contributed by atoms with Crippen LogP contribution in [0.3, 0.4) is 0 Å². The maximum atomic E-state index is 12.8. The lowest BCUT2D eigenvalue weighted by Gasteiger charge is -2.37. The largest absolute Gasteiger partial charge is 0.359 e. The fraction of sp³-hybridized carbons (Fsp3) is 0.474. The topological polar surface area (TPSA) is 83.8 Å². The fourth-order valence-corrected chi connectivity index (χ4v) is 6.72. The molecular weight excluding hydrogens is 398 g/mol. The van der Waals surface area contributed by atoms with Crippen LogP contribution in [0.1, 0.15) is 42.7 Å². The number of fused-ring (bicyclic) bond motifs is 1. The van der Waals surface area contributed by atoms with E-state index in [1.807, 2.05) is 0 Å². The van der Waals surface area contributed by atoms with Gasteiger partial charge < -0.3 is 4.90 Å². The van der Waals surface area contributed by atoms with E-state index in [0.717, 1.165) is 25.7 Å². The van der Waals surface area contributed by atoms with Crippen molar-refractivity contribution >= 4 is 32.7 Å². The maximum absolute atomic E-state index is 12.8. The van der Waals surface area contributed by atoms with Crippen molar-refractivity contribution in [1.29, 1.82) is 0 Å². The van der Waals surface area contributed by atoms with Crippen LogP contribution >= 0.6 is 11.3 Å². The summed E-state index contributed by atoms with van der Waals surface area (Å²) in [5.41, 5.74) is 1.58. The third kappa shape index (κ3) is 3.21. The van der Waals surface area contributed by atoms with E-state index in [1.165, 1.54) is 26.9 Å². The van der Waals surface area contributed by atoms with Crippen molar-refractivity contribution in [2.24, 2.45) is 0 Å². The molecule has 0 aliphatic carbocycles. The first-order valence-electron chi connectivity index (χ1n) is 9.55. The molecule has 4 rings (SSSR count). The quantitative estimate of drug-likeness (QED) is 0.539. The predicted molar refractivity (Wildman–Crippen MR) is 109 cm³/mol. The SMILES string of the molecule is CC[C@H]1c2ccsc2CCN1c1ccc(S(=O)(=O)N2CCCC2)cc1[N+](=O)[O-]. The van der Waals surface area contributed by atoms with Crippen molar-refractivity contribution < 1.29 is 13.3 Å². The molecule has 1 aromatic heterocycles. The lowest BCUT2D eigenvalue weighted by atomic mass is 9.97. The van der Waals surface area contributed by atoms with Crippen LogP contribution < -0.4 is 4.90 Å². The highest BCUT2D eigenvalue weighted by molar-refractivity contribution is 7.89. The third-order valence-corrected chi connectivity index (χ3v) is 8.53. The van der Waals surface area contributed by atoms with Crippen LogP contribution in [-0.2, 0) is 16.4 Å². The number of benzene rings is 1. The van der Waals surface area contributed by atoms with Crippen LogP contribution in [0.5, 0.6) is 0 Å². The van der Waals surface area contributed by atoms with Crippen molar-refractivity contribution in [1.82, 2.24) is 4.31 Å². The van der Waals surface area contributed by atoms with Crippen molar-refractivity contribution in [2.75, 3.05) is 24.5 Å². The molecule has 9 heteroatoms. The smallest absolute Gasteiger partial charge is 0.293 e. The number of hydrogen-bond donors (Lipinski definition) is 0. The van der Waals surface area contributed by atoms with E-state index >= 15 is 0 Å². The number of sulfonamides is 1. The van der Waals surface area contributed by atoms with Crippen LogP contribution in [-0.4, -0.2) is 37.3 Å². The molecule has 2 aliphatic rings. The van der Waals surface area contributed by atoms with Gasteiger partial charge in [0.05, 0.1) is 15.9 Å². The summed E-state index contributed by atoms with van der Waals surface area (Å²) in [6, 6.07) is 6.53. The number of thiophene rings is 1. The monoisotopic (exact) mass is 421 g/mol. The Morgan fingerprint density at radius 3 is 2.64 bits per heavy atom. The lowest BCUT2D eigenvalue weighted by Crippen LogP contribution is -2.35. The summed E-state index contributed by atoms with van der Waals surface area (Å²) < 4.78 is 27.1. The molecule has 1 aromatic carbocycles. The Kier molecular flexibility index (Phi) is 5.15. The minimum atomic E-state index is -3.69. The molecule has 0 unspecified atom stereocenters. The molecule has 2 aliphatic heterocycles. The van der Waals surface area contributed by atoms with Crippen molar-refractivity contribution in [3.8, 4) is 0 Å². The van der Waals surface area contributed by atoms with Crippen molar-refractivity contribution in [2.45, 2.75) is 43.5 Å². The Bertz CT molecular complexity index is 996. The van der Waals surface area contributed by atoms with Gasteiger partial charge in [0.1, 0.15) is 5.69 Å². The number of rotatable bonds is 5. The van der Waals surface area contributed by atoms with E-state index in [0.29, 0.717) is 25.3 Å². The minimum Gasteiger partial charge on any atom is -0.359 e. The number of nitrogens with zero attached hydrogens (tertiary/aromatic N) is 3. The maximum Gasteiger partial charge on any atom is 0.293 e. The van der Waals surface area contributed by atoms with Crippen LogP contribution in [0.4, 0.5) is 11.4 Å². The van der Waals surface area contributed by atoms with Gasteiger partial charge in [-0.15, -0.1) is 11.3 Å². The molecule has 0 spiro atoms. The molecule has 0 saturated carbocycles. The van der Waals surface area contributed by atoms with Crippen LogP contribution in [0.2, 0.25) is 0 Å². The fourth-order valence-electron chi connectivity index (χ4n) is 4.26. The molecule has 28 heavy (non-hydrogen) atoms. The number of nitro benzene ring substituents is 1. The average Bonchev–Trinajstić information content (AvgIpc) is 3.38. The third-order valence-electron chi connectivity index (χ3n) is 5.64. The highest BCUT2D eigenvalue weighted by Gasteiger charge is 2.34. The number of anilines is 1. The van der Waals surface area contributed by atoms with E-state index in [9.17, 15) is 18.5 Å². The highest BCUT2D eigenvalue weighted by Crippen LogP contribution is 2.42. The summed E-state index contributed by atoms with van der Waals surface area (Å²) in [7, 11) is -3.69. The summed E-state index contributed by atoms with van der Waals surface area (Å²) in [6.07, 6.45) is 3.33. The zero-order valence-electron chi connectivity index (χ0n) is 15.7. The molecular formula is C19H23N3O4S2. The van der Waals surface area contributed by atoms with Gasteiger partial charge in [0.25, 0.3) is 5.69 Å². The lowest BCUT2D eigenvalue weighted by molar-refractivity contribution is -0.384. The molecule has 1 fully saturated rings. The van der Waals surface area contributed by atoms with E-state index in [-0.39, 0.29) is 16.6 Å². The standard InChI is InChI=1S/C19H23N3O4S2/c1-2-16-15-8-12-27-19(15)7-11-21(16)17-6-5-14(13-18(17)22(23)24)28(25,26)20-9-3-4-10-20/h5-6,8,12-13,16H,2-4,7,9-11H2,1H3/t16-/m0/s1. The average molecular weight is 422 g/mol. The first kappa shape index (κ1) is 19.4. The highest BCUT2D eigenvalue weighted by atomic mass is 32.2. The molecule has 1 atom stereocenters. The van der Waals surface area contributed by atoms with Gasteiger partial charge in [-0.1, -0.05) is 6.92 Å². The van der Waals surface area contributed by atoms with Crippen LogP contribution in [0.25, 0.3) is 0 Å². The Morgan fingerprint density at radius 1 is 1.21 bits per heavy atom. The molecule has 7 nitrogen and oxygen atoms in total. The zero-order valence-corrected chi connectivity index (χ0v) is 17.3. The summed E-state index contributed by atoms with van der Waals surface area (Å²) >= 11 is 1.73. The van der Waals surface area contributed by atoms with E-state index in [1.54, 1.807) is 17.4 Å². The molecule has 0 radical (unpaired) electrons. The van der Waals surface area contributed by atoms with Gasteiger partial charge in [-0.05, 0) is 54.8 Å². The van der Waals surface area contributed by atoms with Gasteiger partial charge in [0.15, 0.2) is 0 Å². The van der Waals surface area contributed by atoms with Gasteiger partial charge in [-0.25, -0.2) is 8.42 Å². The van der Waals surface area contributed by atoms with Crippen LogP contribution in [0.15, 0.2) is 34.5 Å². The Hall–Kier alpha value is -1.97. The molecule has 1 saturated heterocycles. The summed E-state index contributed by atoms with van der Waals surface area (Å²) in [6.45, 7) is 3.71. The van der Waals surface area contributed by atoms with Gasteiger partial charge in [0.2, 0.25) is 10.0 Å². The Balaban J connectivity index is 1.75. The second kappa shape index (κ2) is 7.46. The van der Waals surface area contributed by atoms with E-state index in [4.69, 9.17) is 0 Å². The molecule has 150 valence electrons. The zero-order chi connectivity index (χ0) is 19.9. The van der Waals surface area contributed by atoms with Crippen molar-refractivity contribution in [3.05, 3.63) is 50.2 Å². The molecule has 0 bridgehead atoms. The molecule has 0 amide bonds. The minimum absolute atomic E-state index is 0.00568. The van der Waals surface area contributed by atoms with Crippen molar-refractivity contribution in [3.63, 3.8) is 0 Å². The van der Waals surface area contributed by atoms with Crippen LogP contribution in [0, 0.1) is 10.1 Å². The summed E-state index contributed by atoms with van der Waals surface area (Å²) in [4.78, 5) is 14.8. The first-order valence-corrected chi connectivity index (χ1v) is 11.9.